The van der Waals surface area contributed by atoms with E-state index in [0.717, 1.165) is 25.6 Å². The van der Waals surface area contributed by atoms with E-state index in [1.54, 1.807) is 5.56 Å². The zero-order chi connectivity index (χ0) is 11.4. The molecule has 2 nitrogen and oxygen atoms in total. The summed E-state index contributed by atoms with van der Waals surface area (Å²) in [4.78, 5) is 0. The summed E-state index contributed by atoms with van der Waals surface area (Å²) in [6, 6.07) is 6.91. The highest BCUT2D eigenvalue weighted by molar-refractivity contribution is 5.34. The Morgan fingerprint density at radius 2 is 2.06 bits per heavy atom. The van der Waals surface area contributed by atoms with Gasteiger partial charge in [-0.2, -0.15) is 0 Å². The van der Waals surface area contributed by atoms with Gasteiger partial charge in [0.1, 0.15) is 0 Å². The molecule has 0 aliphatic carbocycles. The predicted octanol–water partition coefficient (Wildman–Crippen LogP) is 2.18. The summed E-state index contributed by atoms with van der Waals surface area (Å²) in [6.07, 6.45) is 2.56. The molecular formula is C14H22N2. The van der Waals surface area contributed by atoms with Gasteiger partial charge >= 0.3 is 0 Å². The van der Waals surface area contributed by atoms with Gasteiger partial charge in [-0.15, -0.1) is 0 Å². The summed E-state index contributed by atoms with van der Waals surface area (Å²) >= 11 is 0. The molecule has 0 aromatic heterocycles. The summed E-state index contributed by atoms with van der Waals surface area (Å²) in [6.45, 7) is 5.49. The summed E-state index contributed by atoms with van der Waals surface area (Å²) in [5, 5.41) is 6.71. The van der Waals surface area contributed by atoms with E-state index in [9.17, 15) is 0 Å². The lowest BCUT2D eigenvalue weighted by Crippen LogP contribution is -2.27. The summed E-state index contributed by atoms with van der Waals surface area (Å²) < 4.78 is 0. The van der Waals surface area contributed by atoms with Crippen molar-refractivity contribution in [3.8, 4) is 0 Å². The van der Waals surface area contributed by atoms with Gasteiger partial charge in [-0.1, -0.05) is 23.8 Å². The first-order valence-corrected chi connectivity index (χ1v) is 6.26. The minimum Gasteiger partial charge on any atom is -0.317 e. The number of hydrogen-bond donors (Lipinski definition) is 2. The lowest BCUT2D eigenvalue weighted by Gasteiger charge is -2.25. The van der Waals surface area contributed by atoms with E-state index in [2.05, 4.69) is 35.8 Å². The molecule has 0 unspecified atom stereocenters. The van der Waals surface area contributed by atoms with Crippen LogP contribution < -0.4 is 10.6 Å². The van der Waals surface area contributed by atoms with Crippen LogP contribution in [-0.4, -0.2) is 20.1 Å². The lowest BCUT2D eigenvalue weighted by atomic mass is 9.86. The fourth-order valence-electron chi connectivity index (χ4n) is 2.61. The molecule has 2 N–H and O–H groups in total. The van der Waals surface area contributed by atoms with Crippen molar-refractivity contribution in [2.75, 3.05) is 20.1 Å². The number of rotatable bonds is 3. The highest BCUT2D eigenvalue weighted by Crippen LogP contribution is 2.28. The molecule has 1 aliphatic heterocycles. The van der Waals surface area contributed by atoms with Crippen molar-refractivity contribution in [2.45, 2.75) is 32.2 Å². The van der Waals surface area contributed by atoms with Gasteiger partial charge in [0.2, 0.25) is 0 Å². The second-order valence-electron chi connectivity index (χ2n) is 4.76. The van der Waals surface area contributed by atoms with Crippen LogP contribution in [0.3, 0.4) is 0 Å². The van der Waals surface area contributed by atoms with E-state index >= 15 is 0 Å². The fourth-order valence-corrected chi connectivity index (χ4v) is 2.61. The van der Waals surface area contributed by atoms with Gasteiger partial charge in [0, 0.05) is 6.54 Å². The van der Waals surface area contributed by atoms with Crippen molar-refractivity contribution in [1.82, 2.24) is 10.6 Å². The van der Waals surface area contributed by atoms with Crippen LogP contribution >= 0.6 is 0 Å². The SMILES string of the molecule is CNCc1cc(C)ccc1C1CCNCC1. The average Bonchev–Trinajstić information content (AvgIpc) is 2.31. The van der Waals surface area contributed by atoms with Crippen molar-refractivity contribution in [3.05, 3.63) is 34.9 Å². The van der Waals surface area contributed by atoms with Crippen LogP contribution in [0.25, 0.3) is 0 Å². The van der Waals surface area contributed by atoms with Gasteiger partial charge in [-0.25, -0.2) is 0 Å². The topological polar surface area (TPSA) is 24.1 Å². The standard InChI is InChI=1S/C14H22N2/c1-11-3-4-14(13(9-11)10-15-2)12-5-7-16-8-6-12/h3-4,9,12,15-16H,5-8,10H2,1-2H3. The molecule has 0 spiro atoms. The molecular weight excluding hydrogens is 196 g/mol. The van der Waals surface area contributed by atoms with Crippen molar-refractivity contribution < 1.29 is 0 Å². The highest BCUT2D eigenvalue weighted by Gasteiger charge is 2.17. The monoisotopic (exact) mass is 218 g/mol. The molecule has 1 heterocycles. The van der Waals surface area contributed by atoms with E-state index in [-0.39, 0.29) is 0 Å². The van der Waals surface area contributed by atoms with E-state index in [4.69, 9.17) is 0 Å². The number of aryl methyl sites for hydroxylation is 1. The smallest absolute Gasteiger partial charge is 0.0205 e. The third kappa shape index (κ3) is 2.63. The lowest BCUT2D eigenvalue weighted by molar-refractivity contribution is 0.457. The van der Waals surface area contributed by atoms with Gasteiger partial charge in [-0.3, -0.25) is 0 Å². The minimum atomic E-state index is 0.755. The van der Waals surface area contributed by atoms with Crippen LogP contribution in [0, 0.1) is 6.92 Å². The Balaban J connectivity index is 2.23. The van der Waals surface area contributed by atoms with Crippen molar-refractivity contribution >= 4 is 0 Å². The third-order valence-corrected chi connectivity index (χ3v) is 3.44. The van der Waals surface area contributed by atoms with Crippen LogP contribution in [0.2, 0.25) is 0 Å². The molecule has 2 rings (SSSR count). The Hall–Kier alpha value is -0.860. The second-order valence-corrected chi connectivity index (χ2v) is 4.76. The van der Waals surface area contributed by atoms with E-state index in [1.807, 2.05) is 7.05 Å². The minimum absolute atomic E-state index is 0.755. The van der Waals surface area contributed by atoms with Crippen LogP contribution in [0.15, 0.2) is 18.2 Å². The fraction of sp³-hybridized carbons (Fsp3) is 0.571. The normalized spacial score (nSPS) is 17.6. The molecule has 1 aromatic carbocycles. The quantitative estimate of drug-likeness (QED) is 0.812. The molecule has 2 heteroatoms. The summed E-state index contributed by atoms with van der Waals surface area (Å²) in [5.74, 6) is 0.755. The molecule has 16 heavy (non-hydrogen) atoms. The molecule has 0 saturated carbocycles. The molecule has 1 aromatic rings. The van der Waals surface area contributed by atoms with Crippen molar-refractivity contribution in [3.63, 3.8) is 0 Å². The highest BCUT2D eigenvalue weighted by atomic mass is 14.9. The van der Waals surface area contributed by atoms with Crippen LogP contribution in [0.5, 0.6) is 0 Å². The summed E-state index contributed by atoms with van der Waals surface area (Å²) in [7, 11) is 2.02. The van der Waals surface area contributed by atoms with Crippen LogP contribution in [-0.2, 0) is 6.54 Å². The van der Waals surface area contributed by atoms with Gasteiger partial charge in [-0.05, 0) is 56.9 Å². The number of benzene rings is 1. The molecule has 88 valence electrons. The average molecular weight is 218 g/mol. The maximum atomic E-state index is 3.43. The first-order valence-electron chi connectivity index (χ1n) is 6.26. The second kappa shape index (κ2) is 5.46. The van der Waals surface area contributed by atoms with Crippen LogP contribution in [0.1, 0.15) is 35.4 Å². The Morgan fingerprint density at radius 1 is 1.31 bits per heavy atom. The Labute approximate surface area is 98.4 Å². The van der Waals surface area contributed by atoms with E-state index in [0.29, 0.717) is 0 Å². The molecule has 0 atom stereocenters. The summed E-state index contributed by atoms with van der Waals surface area (Å²) in [5.41, 5.74) is 4.40. The maximum absolute atomic E-state index is 3.43. The maximum Gasteiger partial charge on any atom is 0.0205 e. The first-order chi connectivity index (χ1) is 7.81. The number of nitrogens with one attached hydrogen (secondary N) is 2. The number of piperidine rings is 1. The zero-order valence-corrected chi connectivity index (χ0v) is 10.3. The van der Waals surface area contributed by atoms with Gasteiger partial charge in [0.25, 0.3) is 0 Å². The Bertz CT molecular complexity index is 341. The van der Waals surface area contributed by atoms with Crippen LogP contribution in [0.4, 0.5) is 0 Å². The zero-order valence-electron chi connectivity index (χ0n) is 10.3. The van der Waals surface area contributed by atoms with Gasteiger partial charge in [0.15, 0.2) is 0 Å². The molecule has 1 saturated heterocycles. The van der Waals surface area contributed by atoms with E-state index in [1.165, 1.54) is 24.0 Å². The van der Waals surface area contributed by atoms with Gasteiger partial charge < -0.3 is 10.6 Å². The van der Waals surface area contributed by atoms with Crippen molar-refractivity contribution in [1.29, 1.82) is 0 Å². The molecule has 0 amide bonds. The molecule has 0 radical (unpaired) electrons. The first kappa shape index (κ1) is 11.6. The van der Waals surface area contributed by atoms with E-state index < -0.39 is 0 Å². The van der Waals surface area contributed by atoms with Crippen molar-refractivity contribution in [2.24, 2.45) is 0 Å². The largest absolute Gasteiger partial charge is 0.317 e. The predicted molar refractivity (Wildman–Crippen MR) is 68.8 cm³/mol. The Kier molecular flexibility index (Phi) is 3.97. The third-order valence-electron chi connectivity index (χ3n) is 3.44. The number of hydrogen-bond acceptors (Lipinski definition) is 2. The molecule has 1 fully saturated rings. The van der Waals surface area contributed by atoms with Gasteiger partial charge in [0.05, 0.1) is 0 Å². The molecule has 1 aliphatic rings. The Morgan fingerprint density at radius 3 is 2.75 bits per heavy atom. The molecule has 0 bridgehead atoms.